The standard InChI is InChI=1S/C9H14IN3O2/c1-7-8(10)9(14)13(6-12-7)3-5-15-4-2-11/h6H,2-5,11H2,1H3. The zero-order chi connectivity index (χ0) is 11.3. The van der Waals surface area contributed by atoms with E-state index in [9.17, 15) is 4.79 Å². The summed E-state index contributed by atoms with van der Waals surface area (Å²) in [5, 5.41) is 0. The van der Waals surface area contributed by atoms with E-state index in [2.05, 4.69) is 4.98 Å². The first-order valence-corrected chi connectivity index (χ1v) is 5.74. The average molecular weight is 323 g/mol. The van der Waals surface area contributed by atoms with Gasteiger partial charge in [-0.25, -0.2) is 4.98 Å². The Morgan fingerprint density at radius 2 is 2.33 bits per heavy atom. The van der Waals surface area contributed by atoms with Crippen molar-refractivity contribution < 1.29 is 4.74 Å². The van der Waals surface area contributed by atoms with Gasteiger partial charge in [0.1, 0.15) is 0 Å². The van der Waals surface area contributed by atoms with E-state index >= 15 is 0 Å². The first kappa shape index (κ1) is 12.6. The molecular weight excluding hydrogens is 309 g/mol. The van der Waals surface area contributed by atoms with Gasteiger partial charge in [-0.2, -0.15) is 0 Å². The molecule has 0 aliphatic carbocycles. The number of halogens is 1. The molecule has 0 fully saturated rings. The van der Waals surface area contributed by atoms with E-state index < -0.39 is 0 Å². The molecule has 1 rings (SSSR count). The van der Waals surface area contributed by atoms with Crippen LogP contribution in [0.5, 0.6) is 0 Å². The summed E-state index contributed by atoms with van der Waals surface area (Å²) in [6, 6.07) is 0. The van der Waals surface area contributed by atoms with Crippen LogP contribution in [-0.4, -0.2) is 29.3 Å². The monoisotopic (exact) mass is 323 g/mol. The third-order valence-corrected chi connectivity index (χ3v) is 3.14. The molecule has 5 nitrogen and oxygen atoms in total. The third-order valence-electron chi connectivity index (χ3n) is 1.90. The van der Waals surface area contributed by atoms with Gasteiger partial charge in [-0.3, -0.25) is 9.36 Å². The van der Waals surface area contributed by atoms with Gasteiger partial charge in [0.05, 0.1) is 35.3 Å². The van der Waals surface area contributed by atoms with Crippen LogP contribution in [0.2, 0.25) is 0 Å². The van der Waals surface area contributed by atoms with E-state index in [0.29, 0.717) is 29.9 Å². The van der Waals surface area contributed by atoms with Crippen LogP contribution in [-0.2, 0) is 11.3 Å². The summed E-state index contributed by atoms with van der Waals surface area (Å²) in [5.41, 5.74) is 6.02. The van der Waals surface area contributed by atoms with Crippen LogP contribution in [0.25, 0.3) is 0 Å². The summed E-state index contributed by atoms with van der Waals surface area (Å²) in [5.74, 6) is 0. The van der Waals surface area contributed by atoms with Crippen LogP contribution in [0, 0.1) is 10.5 Å². The molecule has 1 aromatic rings. The Kier molecular flexibility index (Phi) is 5.20. The fraction of sp³-hybridized carbons (Fsp3) is 0.556. The first-order chi connectivity index (χ1) is 7.16. The number of nitrogens with zero attached hydrogens (tertiary/aromatic N) is 2. The molecule has 0 bridgehead atoms. The molecule has 1 aromatic heterocycles. The van der Waals surface area contributed by atoms with Crippen molar-refractivity contribution in [2.24, 2.45) is 5.73 Å². The largest absolute Gasteiger partial charge is 0.378 e. The molecular formula is C9H14IN3O2. The predicted octanol–water partition coefficient (Wildman–Crippen LogP) is 0.132. The molecule has 6 heteroatoms. The molecule has 0 aliphatic rings. The molecule has 0 aromatic carbocycles. The molecule has 0 saturated heterocycles. The molecule has 0 aliphatic heterocycles. The van der Waals surface area contributed by atoms with Gasteiger partial charge >= 0.3 is 0 Å². The van der Waals surface area contributed by atoms with Crippen molar-refractivity contribution in [2.45, 2.75) is 13.5 Å². The van der Waals surface area contributed by atoms with Crippen LogP contribution in [0.1, 0.15) is 5.69 Å². The Bertz CT molecular complexity index is 378. The summed E-state index contributed by atoms with van der Waals surface area (Å²) in [6.45, 7) is 3.84. The lowest BCUT2D eigenvalue weighted by Crippen LogP contribution is -2.26. The van der Waals surface area contributed by atoms with Crippen LogP contribution < -0.4 is 11.3 Å². The van der Waals surface area contributed by atoms with E-state index in [1.807, 2.05) is 29.5 Å². The van der Waals surface area contributed by atoms with Gasteiger partial charge in [-0.1, -0.05) is 0 Å². The SMILES string of the molecule is Cc1ncn(CCOCCN)c(=O)c1I. The zero-order valence-electron chi connectivity index (χ0n) is 8.57. The topological polar surface area (TPSA) is 70.1 Å². The minimum absolute atomic E-state index is 0.0144. The summed E-state index contributed by atoms with van der Waals surface area (Å²) >= 11 is 2.01. The van der Waals surface area contributed by atoms with Crippen molar-refractivity contribution in [1.82, 2.24) is 9.55 Å². The maximum Gasteiger partial charge on any atom is 0.267 e. The number of rotatable bonds is 5. The number of ether oxygens (including phenoxy) is 1. The van der Waals surface area contributed by atoms with Crippen LogP contribution in [0.15, 0.2) is 11.1 Å². The Hall–Kier alpha value is -0.470. The molecule has 0 saturated carbocycles. The summed E-state index contributed by atoms with van der Waals surface area (Å²) < 4.78 is 7.40. The lowest BCUT2D eigenvalue weighted by Gasteiger charge is -2.06. The second kappa shape index (κ2) is 6.19. The van der Waals surface area contributed by atoms with E-state index in [1.54, 1.807) is 10.9 Å². The number of hydrogen-bond donors (Lipinski definition) is 1. The molecule has 0 spiro atoms. The van der Waals surface area contributed by atoms with Crippen molar-refractivity contribution >= 4 is 22.6 Å². The number of aryl methyl sites for hydroxylation is 1. The molecule has 1 heterocycles. The number of nitrogens with two attached hydrogens (primary N) is 1. The van der Waals surface area contributed by atoms with E-state index in [-0.39, 0.29) is 5.56 Å². The smallest absolute Gasteiger partial charge is 0.267 e. The Labute approximate surface area is 102 Å². The van der Waals surface area contributed by atoms with Gasteiger partial charge in [0.25, 0.3) is 5.56 Å². The maximum atomic E-state index is 11.7. The van der Waals surface area contributed by atoms with Crippen molar-refractivity contribution in [2.75, 3.05) is 19.8 Å². The van der Waals surface area contributed by atoms with Gasteiger partial charge < -0.3 is 10.5 Å². The molecule has 0 atom stereocenters. The second-order valence-corrected chi connectivity index (χ2v) is 4.12. The van der Waals surface area contributed by atoms with Gasteiger partial charge in [0.2, 0.25) is 0 Å². The highest BCUT2D eigenvalue weighted by molar-refractivity contribution is 14.1. The van der Waals surface area contributed by atoms with Gasteiger partial charge in [-0.05, 0) is 29.5 Å². The zero-order valence-corrected chi connectivity index (χ0v) is 10.7. The molecule has 0 radical (unpaired) electrons. The maximum absolute atomic E-state index is 11.7. The lowest BCUT2D eigenvalue weighted by atomic mass is 10.4. The minimum Gasteiger partial charge on any atom is -0.378 e. The third kappa shape index (κ3) is 3.54. The van der Waals surface area contributed by atoms with E-state index in [1.165, 1.54) is 0 Å². The van der Waals surface area contributed by atoms with Crippen LogP contribution in [0.4, 0.5) is 0 Å². The highest BCUT2D eigenvalue weighted by atomic mass is 127. The van der Waals surface area contributed by atoms with Gasteiger partial charge in [0, 0.05) is 6.54 Å². The highest BCUT2D eigenvalue weighted by Gasteiger charge is 2.04. The number of aromatic nitrogens is 2. The number of hydrogen-bond acceptors (Lipinski definition) is 4. The predicted molar refractivity (Wildman–Crippen MR) is 65.8 cm³/mol. The molecule has 84 valence electrons. The molecule has 0 unspecified atom stereocenters. The Morgan fingerprint density at radius 1 is 1.60 bits per heavy atom. The van der Waals surface area contributed by atoms with Crippen molar-refractivity contribution in [3.8, 4) is 0 Å². The molecule has 15 heavy (non-hydrogen) atoms. The van der Waals surface area contributed by atoms with Crippen LogP contribution in [0.3, 0.4) is 0 Å². The molecule has 0 amide bonds. The normalized spacial score (nSPS) is 10.6. The Balaban J connectivity index is 2.63. The van der Waals surface area contributed by atoms with Crippen LogP contribution >= 0.6 is 22.6 Å². The van der Waals surface area contributed by atoms with Crippen molar-refractivity contribution in [3.05, 3.63) is 25.9 Å². The minimum atomic E-state index is -0.0144. The first-order valence-electron chi connectivity index (χ1n) is 4.66. The lowest BCUT2D eigenvalue weighted by molar-refractivity contribution is 0.132. The Morgan fingerprint density at radius 3 is 3.00 bits per heavy atom. The van der Waals surface area contributed by atoms with Crippen molar-refractivity contribution in [3.63, 3.8) is 0 Å². The quantitative estimate of drug-likeness (QED) is 0.618. The summed E-state index contributed by atoms with van der Waals surface area (Å²) in [6.07, 6.45) is 1.55. The van der Waals surface area contributed by atoms with Gasteiger partial charge in [0.15, 0.2) is 0 Å². The van der Waals surface area contributed by atoms with Crippen molar-refractivity contribution in [1.29, 1.82) is 0 Å². The fourth-order valence-electron chi connectivity index (χ4n) is 1.05. The highest BCUT2D eigenvalue weighted by Crippen LogP contribution is 2.00. The van der Waals surface area contributed by atoms with E-state index in [4.69, 9.17) is 10.5 Å². The summed E-state index contributed by atoms with van der Waals surface area (Å²) in [4.78, 5) is 15.8. The fourth-order valence-corrected chi connectivity index (χ4v) is 1.50. The van der Waals surface area contributed by atoms with Gasteiger partial charge in [-0.15, -0.1) is 0 Å². The molecule has 2 N–H and O–H groups in total. The second-order valence-electron chi connectivity index (χ2n) is 3.04. The summed E-state index contributed by atoms with van der Waals surface area (Å²) in [7, 11) is 0. The average Bonchev–Trinajstić information content (AvgIpc) is 2.24. The van der Waals surface area contributed by atoms with E-state index in [0.717, 1.165) is 5.69 Å².